The van der Waals surface area contributed by atoms with E-state index in [1.165, 1.54) is 11.3 Å². The summed E-state index contributed by atoms with van der Waals surface area (Å²) in [7, 11) is 0. The van der Waals surface area contributed by atoms with Gasteiger partial charge in [0.05, 0.1) is 12.1 Å². The third-order valence-corrected chi connectivity index (χ3v) is 5.66. The summed E-state index contributed by atoms with van der Waals surface area (Å²) in [4.78, 5) is 22.8. The van der Waals surface area contributed by atoms with Crippen LogP contribution in [-0.4, -0.2) is 20.3 Å². The second-order valence-electron chi connectivity index (χ2n) is 5.45. The Morgan fingerprint density at radius 3 is 3.04 bits per heavy atom. The minimum Gasteiger partial charge on any atom is -0.302 e. The van der Waals surface area contributed by atoms with Gasteiger partial charge in [-0.15, -0.1) is 22.7 Å². The summed E-state index contributed by atoms with van der Waals surface area (Å²) in [6.07, 6.45) is 6.50. The molecule has 3 aromatic heterocycles. The molecule has 1 amide bonds. The molecule has 126 valence electrons. The van der Waals surface area contributed by atoms with E-state index in [1.807, 2.05) is 46.4 Å². The van der Waals surface area contributed by atoms with Gasteiger partial charge in [-0.25, -0.2) is 9.97 Å². The van der Waals surface area contributed by atoms with E-state index < -0.39 is 0 Å². The lowest BCUT2D eigenvalue weighted by atomic mass is 10.1. The molecular formula is C17H13ClN4OS2. The first-order valence-corrected chi connectivity index (χ1v) is 9.64. The first-order valence-electron chi connectivity index (χ1n) is 7.56. The van der Waals surface area contributed by atoms with Gasteiger partial charge in [-0.2, -0.15) is 0 Å². The predicted molar refractivity (Wildman–Crippen MR) is 102 cm³/mol. The number of fused-ring (bicyclic) bond motifs is 1. The number of benzene rings is 1. The number of nitrogens with zero attached hydrogens (tertiary/aromatic N) is 3. The van der Waals surface area contributed by atoms with Gasteiger partial charge >= 0.3 is 0 Å². The van der Waals surface area contributed by atoms with Crippen molar-refractivity contribution >= 4 is 50.3 Å². The van der Waals surface area contributed by atoms with Crippen LogP contribution >= 0.6 is 34.3 Å². The van der Waals surface area contributed by atoms with Crippen LogP contribution in [0.2, 0.25) is 5.02 Å². The molecule has 0 fully saturated rings. The fourth-order valence-corrected chi connectivity index (χ4v) is 4.24. The first kappa shape index (κ1) is 16.3. The first-order chi connectivity index (χ1) is 12.2. The predicted octanol–water partition coefficient (Wildman–Crippen LogP) is 4.28. The maximum absolute atomic E-state index is 12.2. The summed E-state index contributed by atoms with van der Waals surface area (Å²) >= 11 is 9.19. The largest absolute Gasteiger partial charge is 0.302 e. The Morgan fingerprint density at radius 1 is 1.32 bits per heavy atom. The van der Waals surface area contributed by atoms with Gasteiger partial charge in [0, 0.05) is 40.3 Å². The van der Waals surface area contributed by atoms with Crippen molar-refractivity contribution in [2.75, 3.05) is 5.32 Å². The molecule has 0 aliphatic rings. The minimum absolute atomic E-state index is 0.121. The topological polar surface area (TPSA) is 59.3 Å². The van der Waals surface area contributed by atoms with Crippen LogP contribution < -0.4 is 5.32 Å². The lowest BCUT2D eigenvalue weighted by Crippen LogP contribution is -2.14. The van der Waals surface area contributed by atoms with E-state index in [0.29, 0.717) is 11.6 Å². The van der Waals surface area contributed by atoms with Crippen LogP contribution in [0.3, 0.4) is 0 Å². The molecule has 0 spiro atoms. The van der Waals surface area contributed by atoms with Crippen LogP contribution in [0, 0.1) is 0 Å². The molecule has 4 aromatic rings. The molecule has 0 saturated carbocycles. The molecule has 0 unspecified atom stereocenters. The van der Waals surface area contributed by atoms with Gasteiger partial charge in [0.25, 0.3) is 0 Å². The van der Waals surface area contributed by atoms with E-state index in [1.54, 1.807) is 17.5 Å². The van der Waals surface area contributed by atoms with Crippen LogP contribution in [0.25, 0.3) is 4.96 Å². The van der Waals surface area contributed by atoms with Crippen molar-refractivity contribution in [2.45, 2.75) is 12.8 Å². The molecule has 4 rings (SSSR count). The number of hydrogen-bond donors (Lipinski definition) is 1. The highest BCUT2D eigenvalue weighted by atomic mass is 35.5. The van der Waals surface area contributed by atoms with Crippen molar-refractivity contribution in [1.82, 2.24) is 14.4 Å². The average Bonchev–Trinajstić information content (AvgIpc) is 3.26. The Morgan fingerprint density at radius 2 is 2.20 bits per heavy atom. The molecule has 0 aliphatic carbocycles. The van der Waals surface area contributed by atoms with E-state index in [0.717, 1.165) is 26.1 Å². The number of imidazole rings is 1. The van der Waals surface area contributed by atoms with Crippen molar-refractivity contribution in [2.24, 2.45) is 0 Å². The van der Waals surface area contributed by atoms with Gasteiger partial charge in [0.1, 0.15) is 0 Å². The van der Waals surface area contributed by atoms with Crippen LogP contribution in [0.5, 0.6) is 0 Å². The maximum atomic E-state index is 12.2. The molecule has 0 aliphatic heterocycles. The third kappa shape index (κ3) is 3.73. The standard InChI is InChI=1S/C17H13ClN4OS2/c18-14-4-2-1-3-11(14)7-13-9-19-16(25-13)21-15(23)8-12-10-22-5-6-24-17(22)20-12/h1-6,9-10H,7-8H2,(H,19,21,23). The van der Waals surface area contributed by atoms with E-state index in [9.17, 15) is 4.79 Å². The Hall–Kier alpha value is -2.22. The Labute approximate surface area is 156 Å². The lowest BCUT2D eigenvalue weighted by molar-refractivity contribution is -0.115. The molecule has 1 N–H and O–H groups in total. The zero-order valence-electron chi connectivity index (χ0n) is 13.0. The van der Waals surface area contributed by atoms with E-state index in [4.69, 9.17) is 11.6 Å². The molecule has 0 bridgehead atoms. The van der Waals surface area contributed by atoms with Crippen molar-refractivity contribution in [3.63, 3.8) is 0 Å². The molecule has 0 radical (unpaired) electrons. The fraction of sp³-hybridized carbons (Fsp3) is 0.118. The van der Waals surface area contributed by atoms with Crippen molar-refractivity contribution in [3.05, 3.63) is 69.4 Å². The van der Waals surface area contributed by atoms with Gasteiger partial charge in [0.2, 0.25) is 5.91 Å². The number of carbonyl (C=O) groups excluding carboxylic acids is 1. The Kier molecular flexibility index (Phi) is 4.52. The Balaban J connectivity index is 1.39. The quantitative estimate of drug-likeness (QED) is 0.555. The molecular weight excluding hydrogens is 376 g/mol. The number of nitrogens with one attached hydrogen (secondary N) is 1. The zero-order chi connectivity index (χ0) is 17.2. The van der Waals surface area contributed by atoms with E-state index in [2.05, 4.69) is 15.3 Å². The summed E-state index contributed by atoms with van der Waals surface area (Å²) in [5.41, 5.74) is 1.79. The summed E-state index contributed by atoms with van der Waals surface area (Å²) in [6.45, 7) is 0. The number of aromatic nitrogens is 3. The highest BCUT2D eigenvalue weighted by Crippen LogP contribution is 2.24. The highest BCUT2D eigenvalue weighted by molar-refractivity contribution is 7.15. The van der Waals surface area contributed by atoms with Gasteiger partial charge < -0.3 is 5.32 Å². The molecule has 3 heterocycles. The lowest BCUT2D eigenvalue weighted by Gasteiger charge is -2.01. The smallest absolute Gasteiger partial charge is 0.232 e. The molecule has 1 aromatic carbocycles. The maximum Gasteiger partial charge on any atom is 0.232 e. The van der Waals surface area contributed by atoms with Gasteiger partial charge in [0.15, 0.2) is 10.1 Å². The van der Waals surface area contributed by atoms with Crippen molar-refractivity contribution in [3.8, 4) is 0 Å². The number of thiazole rings is 2. The van der Waals surface area contributed by atoms with Crippen LogP contribution in [0.15, 0.2) is 48.2 Å². The highest BCUT2D eigenvalue weighted by Gasteiger charge is 2.11. The monoisotopic (exact) mass is 388 g/mol. The van der Waals surface area contributed by atoms with E-state index in [-0.39, 0.29) is 12.3 Å². The number of anilines is 1. The molecule has 0 atom stereocenters. The fourth-order valence-electron chi connectivity index (χ4n) is 2.47. The average molecular weight is 389 g/mol. The van der Waals surface area contributed by atoms with Gasteiger partial charge in [-0.1, -0.05) is 29.8 Å². The summed E-state index contributed by atoms with van der Waals surface area (Å²) < 4.78 is 1.92. The van der Waals surface area contributed by atoms with Crippen molar-refractivity contribution < 1.29 is 4.79 Å². The Bertz CT molecular complexity index is 1010. The molecule has 8 heteroatoms. The third-order valence-electron chi connectivity index (χ3n) is 3.61. The van der Waals surface area contributed by atoms with Gasteiger partial charge in [-0.05, 0) is 11.6 Å². The van der Waals surface area contributed by atoms with Crippen molar-refractivity contribution in [1.29, 1.82) is 0 Å². The second kappa shape index (κ2) is 6.95. The summed E-state index contributed by atoms with van der Waals surface area (Å²) in [5.74, 6) is -0.121. The second-order valence-corrected chi connectivity index (χ2v) is 7.85. The number of halogens is 1. The summed E-state index contributed by atoms with van der Waals surface area (Å²) in [5, 5.41) is 6.13. The SMILES string of the molecule is O=C(Cc1cn2ccsc2n1)Nc1ncc(Cc2ccccc2Cl)s1. The molecule has 0 saturated heterocycles. The van der Waals surface area contributed by atoms with Crippen LogP contribution in [0.1, 0.15) is 16.1 Å². The van der Waals surface area contributed by atoms with Gasteiger partial charge in [-0.3, -0.25) is 9.20 Å². The minimum atomic E-state index is -0.121. The molecule has 5 nitrogen and oxygen atoms in total. The number of rotatable bonds is 5. The number of hydrogen-bond acceptors (Lipinski definition) is 5. The molecule has 25 heavy (non-hydrogen) atoms. The van der Waals surface area contributed by atoms with Crippen LogP contribution in [0.4, 0.5) is 5.13 Å². The number of carbonyl (C=O) groups is 1. The van der Waals surface area contributed by atoms with Crippen LogP contribution in [-0.2, 0) is 17.6 Å². The normalized spacial score (nSPS) is 11.1. The van der Waals surface area contributed by atoms with E-state index >= 15 is 0 Å². The zero-order valence-corrected chi connectivity index (χ0v) is 15.4. The number of amides is 1. The summed E-state index contributed by atoms with van der Waals surface area (Å²) in [6, 6.07) is 7.73.